The lowest BCUT2D eigenvalue weighted by molar-refractivity contribution is -0.141. The first-order valence-corrected chi connectivity index (χ1v) is 9.39. The van der Waals surface area contributed by atoms with Gasteiger partial charge in [0.15, 0.2) is 5.82 Å². The molecule has 2 rings (SSSR count). The average molecular weight is 351 g/mol. The van der Waals surface area contributed by atoms with Gasteiger partial charge < -0.3 is 15.2 Å². The monoisotopic (exact) mass is 351 g/mol. The summed E-state index contributed by atoms with van der Waals surface area (Å²) in [6, 6.07) is 0.314. The third kappa shape index (κ3) is 4.20. The number of amides is 1. The van der Waals surface area contributed by atoms with Crippen LogP contribution in [0.3, 0.4) is 0 Å². The van der Waals surface area contributed by atoms with Gasteiger partial charge in [-0.15, -0.1) is 0 Å². The fourth-order valence-corrected chi connectivity index (χ4v) is 3.47. The summed E-state index contributed by atoms with van der Waals surface area (Å²) in [5, 5.41) is 4.06. The fourth-order valence-electron chi connectivity index (χ4n) is 3.47. The molecule has 0 radical (unpaired) electrons. The molecule has 7 nitrogen and oxygen atoms in total. The van der Waals surface area contributed by atoms with Gasteiger partial charge in [-0.2, -0.15) is 4.98 Å². The number of rotatable bonds is 8. The summed E-state index contributed by atoms with van der Waals surface area (Å²) in [6.45, 7) is 10.8. The Morgan fingerprint density at radius 2 is 2.12 bits per heavy atom. The molecule has 25 heavy (non-hydrogen) atoms. The average Bonchev–Trinajstić information content (AvgIpc) is 3.26. The molecule has 1 saturated heterocycles. The van der Waals surface area contributed by atoms with Gasteiger partial charge in [-0.3, -0.25) is 9.69 Å². The number of aromatic nitrogens is 2. The van der Waals surface area contributed by atoms with Gasteiger partial charge in [0.05, 0.1) is 12.0 Å². The molecule has 7 heteroatoms. The number of carbonyl (C=O) groups excluding carboxylic acids is 1. The number of nitrogens with two attached hydrogens (primary N) is 1. The quantitative estimate of drug-likeness (QED) is 0.770. The number of nitrogens with zero attached hydrogens (tertiary/aromatic N) is 4. The minimum absolute atomic E-state index is 0.206. The van der Waals surface area contributed by atoms with Crippen molar-refractivity contribution in [2.75, 3.05) is 26.7 Å². The summed E-state index contributed by atoms with van der Waals surface area (Å²) in [7, 11) is 2.06. The molecule has 1 amide bonds. The van der Waals surface area contributed by atoms with Crippen molar-refractivity contribution in [1.82, 2.24) is 19.9 Å². The van der Waals surface area contributed by atoms with E-state index in [0.717, 1.165) is 32.4 Å². The first kappa shape index (κ1) is 19.8. The Labute approximate surface area is 150 Å². The van der Waals surface area contributed by atoms with Crippen molar-refractivity contribution in [2.24, 2.45) is 11.1 Å². The van der Waals surface area contributed by atoms with E-state index in [1.165, 1.54) is 0 Å². The molecule has 0 spiro atoms. The molecule has 0 aliphatic carbocycles. The van der Waals surface area contributed by atoms with Gasteiger partial charge in [0, 0.05) is 31.6 Å². The zero-order valence-electron chi connectivity index (χ0n) is 16.3. The molecule has 1 aliphatic rings. The van der Waals surface area contributed by atoms with E-state index < -0.39 is 5.41 Å². The summed E-state index contributed by atoms with van der Waals surface area (Å²) in [5.74, 6) is 1.82. The second kappa shape index (κ2) is 8.27. The maximum Gasteiger partial charge on any atom is 0.230 e. The van der Waals surface area contributed by atoms with E-state index in [9.17, 15) is 4.79 Å². The highest BCUT2D eigenvalue weighted by Crippen LogP contribution is 2.30. The van der Waals surface area contributed by atoms with Crippen molar-refractivity contribution in [3.8, 4) is 0 Å². The van der Waals surface area contributed by atoms with Crippen LogP contribution in [-0.2, 0) is 11.3 Å². The predicted molar refractivity (Wildman–Crippen MR) is 96.9 cm³/mol. The number of carbonyl (C=O) groups is 1. The van der Waals surface area contributed by atoms with Gasteiger partial charge in [-0.05, 0) is 26.3 Å². The van der Waals surface area contributed by atoms with E-state index in [1.807, 2.05) is 18.7 Å². The normalized spacial score (nSPS) is 18.6. The molecule has 0 aromatic carbocycles. The number of hydrogen-bond acceptors (Lipinski definition) is 6. The van der Waals surface area contributed by atoms with Crippen molar-refractivity contribution in [3.63, 3.8) is 0 Å². The smallest absolute Gasteiger partial charge is 0.230 e. The van der Waals surface area contributed by atoms with Crippen LogP contribution in [0.2, 0.25) is 0 Å². The Balaban J connectivity index is 1.95. The zero-order chi connectivity index (χ0) is 18.6. The molecule has 1 unspecified atom stereocenters. The van der Waals surface area contributed by atoms with Crippen molar-refractivity contribution >= 4 is 5.91 Å². The van der Waals surface area contributed by atoms with Gasteiger partial charge in [0.2, 0.25) is 11.8 Å². The van der Waals surface area contributed by atoms with Crippen molar-refractivity contribution in [2.45, 2.75) is 65.5 Å². The first-order chi connectivity index (χ1) is 11.9. The van der Waals surface area contributed by atoms with Crippen molar-refractivity contribution in [1.29, 1.82) is 0 Å². The Morgan fingerprint density at radius 1 is 1.44 bits per heavy atom. The van der Waals surface area contributed by atoms with Gasteiger partial charge in [0.1, 0.15) is 0 Å². The summed E-state index contributed by atoms with van der Waals surface area (Å²) in [5.41, 5.74) is 5.53. The van der Waals surface area contributed by atoms with Crippen LogP contribution in [0.1, 0.15) is 64.6 Å². The SMILES string of the molecule is CCC(CC)(CN)C(=O)N1CCC(N(C)Cc2noc(C(C)C)n2)C1. The minimum atomic E-state index is -0.409. The summed E-state index contributed by atoms with van der Waals surface area (Å²) >= 11 is 0. The van der Waals surface area contributed by atoms with Crippen LogP contribution in [-0.4, -0.2) is 58.6 Å². The number of hydrogen-bond donors (Lipinski definition) is 1. The molecule has 1 aromatic rings. The molecule has 1 aromatic heterocycles. The third-order valence-electron chi connectivity index (χ3n) is 5.64. The second-order valence-electron chi connectivity index (χ2n) is 7.50. The summed E-state index contributed by atoms with van der Waals surface area (Å²) in [4.78, 5) is 21.6. The van der Waals surface area contributed by atoms with Gasteiger partial charge in [-0.25, -0.2) is 0 Å². The van der Waals surface area contributed by atoms with Gasteiger partial charge in [0.25, 0.3) is 0 Å². The Kier molecular flexibility index (Phi) is 6.57. The molecule has 1 atom stereocenters. The fraction of sp³-hybridized carbons (Fsp3) is 0.833. The maximum absolute atomic E-state index is 13.0. The molecular weight excluding hydrogens is 318 g/mol. The highest BCUT2D eigenvalue weighted by molar-refractivity contribution is 5.83. The van der Waals surface area contributed by atoms with Crippen LogP contribution < -0.4 is 5.73 Å². The molecule has 142 valence electrons. The summed E-state index contributed by atoms with van der Waals surface area (Å²) in [6.07, 6.45) is 2.54. The largest absolute Gasteiger partial charge is 0.341 e. The van der Waals surface area contributed by atoms with E-state index in [2.05, 4.69) is 35.9 Å². The number of likely N-dealkylation sites (N-methyl/N-ethyl adjacent to an activating group) is 1. The number of likely N-dealkylation sites (tertiary alicyclic amines) is 1. The Morgan fingerprint density at radius 3 is 2.64 bits per heavy atom. The lowest BCUT2D eigenvalue weighted by Crippen LogP contribution is -2.47. The van der Waals surface area contributed by atoms with E-state index in [0.29, 0.717) is 30.8 Å². The lowest BCUT2D eigenvalue weighted by atomic mass is 9.81. The van der Waals surface area contributed by atoms with E-state index in [-0.39, 0.29) is 11.8 Å². The van der Waals surface area contributed by atoms with Gasteiger partial charge in [-0.1, -0.05) is 32.9 Å². The first-order valence-electron chi connectivity index (χ1n) is 9.39. The van der Waals surface area contributed by atoms with Crippen LogP contribution in [0, 0.1) is 5.41 Å². The minimum Gasteiger partial charge on any atom is -0.341 e. The van der Waals surface area contributed by atoms with Crippen molar-refractivity contribution in [3.05, 3.63) is 11.7 Å². The molecule has 0 bridgehead atoms. The highest BCUT2D eigenvalue weighted by Gasteiger charge is 2.40. The standard InChI is InChI=1S/C18H33N5O2/c1-6-18(7-2,12-19)17(24)23-9-8-14(10-23)22(5)11-15-20-16(13(3)4)25-21-15/h13-14H,6-12,19H2,1-5H3. The molecule has 0 saturated carbocycles. The molecule has 1 aliphatic heterocycles. The van der Waals surface area contributed by atoms with Crippen molar-refractivity contribution < 1.29 is 9.32 Å². The molecule has 2 heterocycles. The second-order valence-corrected chi connectivity index (χ2v) is 7.50. The molecule has 2 N–H and O–H groups in total. The zero-order valence-corrected chi connectivity index (χ0v) is 16.3. The van der Waals surface area contributed by atoms with Gasteiger partial charge >= 0.3 is 0 Å². The van der Waals surface area contributed by atoms with E-state index in [1.54, 1.807) is 0 Å². The molecule has 1 fully saturated rings. The lowest BCUT2D eigenvalue weighted by Gasteiger charge is -2.33. The third-order valence-corrected chi connectivity index (χ3v) is 5.64. The highest BCUT2D eigenvalue weighted by atomic mass is 16.5. The van der Waals surface area contributed by atoms with Crippen LogP contribution >= 0.6 is 0 Å². The van der Waals surface area contributed by atoms with Crippen LogP contribution in [0.5, 0.6) is 0 Å². The molecular formula is C18H33N5O2. The Hall–Kier alpha value is -1.47. The van der Waals surface area contributed by atoms with Crippen LogP contribution in [0.25, 0.3) is 0 Å². The van der Waals surface area contributed by atoms with E-state index in [4.69, 9.17) is 10.3 Å². The summed E-state index contributed by atoms with van der Waals surface area (Å²) < 4.78 is 5.27. The Bertz CT molecular complexity index is 559. The van der Waals surface area contributed by atoms with Crippen LogP contribution in [0.15, 0.2) is 4.52 Å². The predicted octanol–water partition coefficient (Wildman–Crippen LogP) is 1.99. The topological polar surface area (TPSA) is 88.5 Å². The van der Waals surface area contributed by atoms with E-state index >= 15 is 0 Å². The van der Waals surface area contributed by atoms with Crippen LogP contribution in [0.4, 0.5) is 0 Å². The maximum atomic E-state index is 13.0.